The van der Waals surface area contributed by atoms with Crippen molar-refractivity contribution < 1.29 is 9.53 Å². The Hall–Kier alpha value is -0.610. The average molecular weight is 226 g/mol. The van der Waals surface area contributed by atoms with Crippen LogP contribution in [0.15, 0.2) is 0 Å². The zero-order chi connectivity index (χ0) is 11.4. The molecule has 4 nitrogen and oxygen atoms in total. The van der Waals surface area contributed by atoms with Gasteiger partial charge < -0.3 is 15.4 Å². The quantitative estimate of drug-likeness (QED) is 0.738. The highest BCUT2D eigenvalue weighted by atomic mass is 16.5. The second kappa shape index (κ2) is 5.15. The van der Waals surface area contributed by atoms with Gasteiger partial charge in [0, 0.05) is 19.7 Å². The number of hydrogen-bond donors (Lipinski definition) is 2. The zero-order valence-corrected chi connectivity index (χ0v) is 10.1. The smallest absolute Gasteiger partial charge is 0.227 e. The Morgan fingerprint density at radius 3 is 3.12 bits per heavy atom. The van der Waals surface area contributed by atoms with Crippen LogP contribution in [0.2, 0.25) is 0 Å². The molecule has 2 aliphatic heterocycles. The molecule has 2 unspecified atom stereocenters. The minimum Gasteiger partial charge on any atom is -0.381 e. The van der Waals surface area contributed by atoms with Crippen LogP contribution in [0.1, 0.15) is 26.2 Å². The summed E-state index contributed by atoms with van der Waals surface area (Å²) in [4.78, 5) is 12.0. The van der Waals surface area contributed by atoms with E-state index in [-0.39, 0.29) is 11.3 Å². The van der Waals surface area contributed by atoms with Gasteiger partial charge in [0.05, 0.1) is 12.0 Å². The number of hydrogen-bond acceptors (Lipinski definition) is 3. The third-order valence-electron chi connectivity index (χ3n) is 3.72. The molecule has 0 bridgehead atoms. The van der Waals surface area contributed by atoms with Gasteiger partial charge in [0.25, 0.3) is 0 Å². The van der Waals surface area contributed by atoms with Crippen molar-refractivity contribution in [3.63, 3.8) is 0 Å². The second-order valence-corrected chi connectivity index (χ2v) is 5.28. The van der Waals surface area contributed by atoms with Gasteiger partial charge in [-0.2, -0.15) is 0 Å². The minimum atomic E-state index is -0.199. The number of ether oxygens (including phenoxy) is 1. The first kappa shape index (κ1) is 11.9. The summed E-state index contributed by atoms with van der Waals surface area (Å²) in [6.07, 6.45) is 3.24. The van der Waals surface area contributed by atoms with E-state index in [1.54, 1.807) is 0 Å². The van der Waals surface area contributed by atoms with E-state index in [1.807, 2.05) is 6.92 Å². The van der Waals surface area contributed by atoms with Crippen molar-refractivity contribution in [1.29, 1.82) is 0 Å². The van der Waals surface area contributed by atoms with Gasteiger partial charge in [-0.25, -0.2) is 0 Å². The third kappa shape index (κ3) is 2.74. The lowest BCUT2D eigenvalue weighted by atomic mass is 9.88. The summed E-state index contributed by atoms with van der Waals surface area (Å²) in [6, 6.07) is 0. The average Bonchev–Trinajstić information content (AvgIpc) is 2.76. The van der Waals surface area contributed by atoms with Gasteiger partial charge in [0.2, 0.25) is 5.91 Å². The topological polar surface area (TPSA) is 50.4 Å². The van der Waals surface area contributed by atoms with E-state index < -0.39 is 0 Å². The molecular weight excluding hydrogens is 204 g/mol. The van der Waals surface area contributed by atoms with Crippen LogP contribution in [0.25, 0.3) is 0 Å². The van der Waals surface area contributed by atoms with Crippen molar-refractivity contribution in [2.75, 3.05) is 32.8 Å². The van der Waals surface area contributed by atoms with Gasteiger partial charge >= 0.3 is 0 Å². The van der Waals surface area contributed by atoms with E-state index in [0.29, 0.717) is 5.92 Å². The molecule has 2 rings (SSSR count). The number of rotatable bonds is 3. The highest BCUT2D eigenvalue weighted by Gasteiger charge is 2.36. The van der Waals surface area contributed by atoms with E-state index in [9.17, 15) is 4.79 Å². The maximum Gasteiger partial charge on any atom is 0.227 e. The Morgan fingerprint density at radius 2 is 2.50 bits per heavy atom. The van der Waals surface area contributed by atoms with Crippen molar-refractivity contribution in [2.24, 2.45) is 11.3 Å². The van der Waals surface area contributed by atoms with E-state index in [4.69, 9.17) is 4.74 Å². The molecule has 0 spiro atoms. The predicted octanol–water partition coefficient (Wildman–Crippen LogP) is 0.529. The highest BCUT2D eigenvalue weighted by Crippen LogP contribution is 2.24. The molecule has 4 heteroatoms. The monoisotopic (exact) mass is 226 g/mol. The molecule has 0 saturated carbocycles. The van der Waals surface area contributed by atoms with Crippen LogP contribution < -0.4 is 10.6 Å². The summed E-state index contributed by atoms with van der Waals surface area (Å²) in [5, 5.41) is 6.32. The molecule has 1 amide bonds. The Balaban J connectivity index is 1.74. The Morgan fingerprint density at radius 1 is 1.62 bits per heavy atom. The molecule has 2 fully saturated rings. The van der Waals surface area contributed by atoms with Gasteiger partial charge in [-0.05, 0) is 38.6 Å². The van der Waals surface area contributed by atoms with Crippen LogP contribution in [-0.4, -0.2) is 38.8 Å². The Kier molecular flexibility index (Phi) is 3.82. The molecule has 2 heterocycles. The standard InChI is InChI=1S/C12H22N2O2/c1-12(4-5-13-9-12)11(15)14-7-10-3-2-6-16-8-10/h10,13H,2-9H2,1H3,(H,14,15). The van der Waals surface area contributed by atoms with Crippen LogP contribution in [0.5, 0.6) is 0 Å². The van der Waals surface area contributed by atoms with Crippen LogP contribution in [-0.2, 0) is 9.53 Å². The molecule has 0 aromatic heterocycles. The van der Waals surface area contributed by atoms with Crippen LogP contribution in [0.4, 0.5) is 0 Å². The largest absolute Gasteiger partial charge is 0.381 e. The first-order chi connectivity index (χ1) is 7.71. The maximum absolute atomic E-state index is 12.0. The summed E-state index contributed by atoms with van der Waals surface area (Å²) in [5.41, 5.74) is -0.199. The zero-order valence-electron chi connectivity index (χ0n) is 10.1. The van der Waals surface area contributed by atoms with E-state index >= 15 is 0 Å². The third-order valence-corrected chi connectivity index (χ3v) is 3.72. The minimum absolute atomic E-state index is 0.197. The fraction of sp³-hybridized carbons (Fsp3) is 0.917. The SMILES string of the molecule is CC1(C(=O)NCC2CCCOC2)CCNC1. The molecule has 2 saturated heterocycles. The number of carbonyl (C=O) groups is 1. The second-order valence-electron chi connectivity index (χ2n) is 5.28. The summed E-state index contributed by atoms with van der Waals surface area (Å²) >= 11 is 0. The lowest BCUT2D eigenvalue weighted by molar-refractivity contribution is -0.129. The van der Waals surface area contributed by atoms with E-state index in [2.05, 4.69) is 10.6 Å². The summed E-state index contributed by atoms with van der Waals surface area (Å²) in [5.74, 6) is 0.707. The molecular formula is C12H22N2O2. The van der Waals surface area contributed by atoms with Crippen LogP contribution in [0.3, 0.4) is 0 Å². The van der Waals surface area contributed by atoms with Gasteiger partial charge in [-0.3, -0.25) is 4.79 Å². The van der Waals surface area contributed by atoms with Gasteiger partial charge in [0.15, 0.2) is 0 Å². The number of nitrogens with one attached hydrogen (secondary N) is 2. The summed E-state index contributed by atoms with van der Waals surface area (Å²) in [6.45, 7) is 6.26. The molecule has 2 atom stereocenters. The molecule has 2 aliphatic rings. The normalized spacial score (nSPS) is 34.9. The van der Waals surface area contributed by atoms with Gasteiger partial charge in [-0.1, -0.05) is 0 Å². The fourth-order valence-electron chi connectivity index (χ4n) is 2.43. The van der Waals surface area contributed by atoms with Gasteiger partial charge in [0.1, 0.15) is 0 Å². The maximum atomic E-state index is 12.0. The fourth-order valence-corrected chi connectivity index (χ4v) is 2.43. The molecule has 2 N–H and O–H groups in total. The molecule has 0 radical (unpaired) electrons. The van der Waals surface area contributed by atoms with Crippen molar-refractivity contribution in [3.05, 3.63) is 0 Å². The Bertz CT molecular complexity index is 243. The van der Waals surface area contributed by atoms with E-state index in [0.717, 1.165) is 45.7 Å². The summed E-state index contributed by atoms with van der Waals surface area (Å²) < 4.78 is 5.40. The van der Waals surface area contributed by atoms with Crippen molar-refractivity contribution in [2.45, 2.75) is 26.2 Å². The van der Waals surface area contributed by atoms with Crippen LogP contribution >= 0.6 is 0 Å². The lowest BCUT2D eigenvalue weighted by Gasteiger charge is -2.26. The lowest BCUT2D eigenvalue weighted by Crippen LogP contribution is -2.43. The molecule has 0 aromatic carbocycles. The van der Waals surface area contributed by atoms with Crippen molar-refractivity contribution in [1.82, 2.24) is 10.6 Å². The van der Waals surface area contributed by atoms with Crippen molar-refractivity contribution in [3.8, 4) is 0 Å². The first-order valence-corrected chi connectivity index (χ1v) is 6.27. The van der Waals surface area contributed by atoms with Gasteiger partial charge in [-0.15, -0.1) is 0 Å². The van der Waals surface area contributed by atoms with E-state index in [1.165, 1.54) is 6.42 Å². The molecule has 16 heavy (non-hydrogen) atoms. The number of carbonyl (C=O) groups excluding carboxylic acids is 1. The predicted molar refractivity (Wildman–Crippen MR) is 62.1 cm³/mol. The Labute approximate surface area is 97.1 Å². The molecule has 92 valence electrons. The summed E-state index contributed by atoms with van der Waals surface area (Å²) in [7, 11) is 0. The molecule has 0 aromatic rings. The number of amides is 1. The molecule has 0 aliphatic carbocycles. The highest BCUT2D eigenvalue weighted by molar-refractivity contribution is 5.82. The van der Waals surface area contributed by atoms with Crippen molar-refractivity contribution >= 4 is 5.91 Å². The van der Waals surface area contributed by atoms with Crippen LogP contribution in [0, 0.1) is 11.3 Å². The first-order valence-electron chi connectivity index (χ1n) is 6.27.